The van der Waals surface area contributed by atoms with Crippen molar-refractivity contribution in [1.29, 1.82) is 0 Å². The Morgan fingerprint density at radius 3 is 2.67 bits per heavy atom. The molecular weight excluding hydrogens is 397 g/mol. The maximum Gasteiger partial charge on any atom is 0.0454 e. The van der Waals surface area contributed by atoms with Gasteiger partial charge in [-0.3, -0.25) is 0 Å². The number of thiophene rings is 1. The molecule has 0 saturated carbocycles. The third-order valence-electron chi connectivity index (χ3n) is 2.71. The lowest BCUT2D eigenvalue weighted by molar-refractivity contribution is 0.596. The van der Waals surface area contributed by atoms with Crippen molar-refractivity contribution in [3.8, 4) is 0 Å². The molecule has 0 fully saturated rings. The molecule has 2 aromatic rings. The van der Waals surface area contributed by atoms with Crippen molar-refractivity contribution in [2.75, 3.05) is 7.05 Å². The lowest BCUT2D eigenvalue weighted by atomic mass is 10.0. The van der Waals surface area contributed by atoms with Gasteiger partial charge in [-0.2, -0.15) is 0 Å². The molecule has 0 saturated heterocycles. The molecule has 18 heavy (non-hydrogen) atoms. The van der Waals surface area contributed by atoms with Gasteiger partial charge in [0.2, 0.25) is 0 Å². The molecule has 0 amide bonds. The first-order valence-electron chi connectivity index (χ1n) is 5.45. The highest BCUT2D eigenvalue weighted by Crippen LogP contribution is 2.30. The first-order valence-corrected chi connectivity index (χ1v) is 8.29. The van der Waals surface area contributed by atoms with E-state index in [1.54, 1.807) is 11.3 Å². The number of nitrogens with one attached hydrogen (secondary N) is 1. The number of halogens is 3. The van der Waals surface area contributed by atoms with Gasteiger partial charge >= 0.3 is 0 Å². The highest BCUT2D eigenvalue weighted by Gasteiger charge is 2.15. The van der Waals surface area contributed by atoms with Crippen molar-refractivity contribution < 1.29 is 0 Å². The zero-order valence-electron chi connectivity index (χ0n) is 9.71. The van der Waals surface area contributed by atoms with E-state index in [9.17, 15) is 0 Å². The van der Waals surface area contributed by atoms with Crippen LogP contribution in [-0.2, 0) is 6.42 Å². The van der Waals surface area contributed by atoms with Crippen LogP contribution in [0.5, 0.6) is 0 Å². The fourth-order valence-corrected chi connectivity index (χ4v) is 3.94. The largest absolute Gasteiger partial charge is 0.313 e. The van der Waals surface area contributed by atoms with Crippen molar-refractivity contribution in [2.24, 2.45) is 0 Å². The van der Waals surface area contributed by atoms with E-state index < -0.39 is 0 Å². The number of likely N-dealkylation sites (N-methyl/N-ethyl adjacent to an activating group) is 1. The third-order valence-corrected chi connectivity index (χ3v) is 5.27. The fourth-order valence-electron chi connectivity index (χ4n) is 1.81. The van der Waals surface area contributed by atoms with Crippen LogP contribution in [0.1, 0.15) is 16.5 Å². The van der Waals surface area contributed by atoms with Crippen LogP contribution < -0.4 is 5.32 Å². The van der Waals surface area contributed by atoms with E-state index in [0.29, 0.717) is 0 Å². The highest BCUT2D eigenvalue weighted by molar-refractivity contribution is 9.10. The van der Waals surface area contributed by atoms with Crippen LogP contribution in [-0.4, -0.2) is 7.05 Å². The van der Waals surface area contributed by atoms with Crippen molar-refractivity contribution in [3.05, 3.63) is 54.1 Å². The Balaban J connectivity index is 2.25. The molecule has 5 heteroatoms. The molecular formula is C13H12Br2ClNS. The lowest BCUT2D eigenvalue weighted by Gasteiger charge is -2.17. The highest BCUT2D eigenvalue weighted by atomic mass is 79.9. The van der Waals surface area contributed by atoms with Gasteiger partial charge in [0.05, 0.1) is 0 Å². The molecule has 0 aliphatic heterocycles. The minimum Gasteiger partial charge on any atom is -0.313 e. The molecule has 1 aromatic carbocycles. The lowest BCUT2D eigenvalue weighted by Crippen LogP contribution is -2.18. The van der Waals surface area contributed by atoms with Gasteiger partial charge in [0.25, 0.3) is 0 Å². The SMILES string of the molecule is CNC(Cc1cc(Br)cs1)c1cc(Br)ccc1Cl. The smallest absolute Gasteiger partial charge is 0.0454 e. The Bertz CT molecular complexity index is 542. The Hall–Kier alpha value is 0.130. The predicted octanol–water partition coefficient (Wildman–Crippen LogP) is 5.43. The average Bonchev–Trinajstić information content (AvgIpc) is 2.75. The number of benzene rings is 1. The second-order valence-electron chi connectivity index (χ2n) is 3.94. The summed E-state index contributed by atoms with van der Waals surface area (Å²) in [7, 11) is 1.96. The Labute approximate surface area is 133 Å². The van der Waals surface area contributed by atoms with Crippen LogP contribution in [0.2, 0.25) is 5.02 Å². The average molecular weight is 410 g/mol. The van der Waals surface area contributed by atoms with Crippen LogP contribution in [0, 0.1) is 0 Å². The summed E-state index contributed by atoms with van der Waals surface area (Å²) in [5.41, 5.74) is 1.12. The molecule has 1 N–H and O–H groups in total. The number of rotatable bonds is 4. The molecule has 1 heterocycles. The third kappa shape index (κ3) is 3.58. The summed E-state index contributed by atoms with van der Waals surface area (Å²) >= 11 is 15.0. The normalized spacial score (nSPS) is 12.7. The number of hydrogen-bond donors (Lipinski definition) is 1. The maximum absolute atomic E-state index is 6.27. The van der Waals surface area contributed by atoms with Gasteiger partial charge in [-0.1, -0.05) is 27.5 Å². The van der Waals surface area contributed by atoms with Gasteiger partial charge in [0.15, 0.2) is 0 Å². The quantitative estimate of drug-likeness (QED) is 0.710. The van der Waals surface area contributed by atoms with Gasteiger partial charge in [0, 0.05) is 36.7 Å². The van der Waals surface area contributed by atoms with Crippen LogP contribution in [0.15, 0.2) is 38.6 Å². The molecule has 0 aliphatic rings. The standard InChI is InChI=1S/C13H12Br2ClNS/c1-17-13(6-10-4-9(15)7-18-10)11-5-8(14)2-3-12(11)16/h2-5,7,13,17H,6H2,1H3. The van der Waals surface area contributed by atoms with Gasteiger partial charge in [0.1, 0.15) is 0 Å². The molecule has 1 aromatic heterocycles. The van der Waals surface area contributed by atoms with Gasteiger partial charge in [-0.05, 0) is 52.8 Å². The van der Waals surface area contributed by atoms with Crippen LogP contribution >= 0.6 is 54.8 Å². The minimum absolute atomic E-state index is 0.223. The second kappa shape index (κ2) is 6.53. The summed E-state index contributed by atoms with van der Waals surface area (Å²) in [5, 5.41) is 6.23. The molecule has 96 valence electrons. The van der Waals surface area contributed by atoms with Gasteiger partial charge in [-0.15, -0.1) is 11.3 Å². The van der Waals surface area contributed by atoms with E-state index in [2.05, 4.69) is 54.7 Å². The molecule has 1 unspecified atom stereocenters. The topological polar surface area (TPSA) is 12.0 Å². The van der Waals surface area contributed by atoms with E-state index in [-0.39, 0.29) is 6.04 Å². The van der Waals surface area contributed by atoms with E-state index in [1.165, 1.54) is 4.88 Å². The summed E-state index contributed by atoms with van der Waals surface area (Å²) in [5.74, 6) is 0. The minimum atomic E-state index is 0.223. The van der Waals surface area contributed by atoms with E-state index >= 15 is 0 Å². The predicted molar refractivity (Wildman–Crippen MR) is 86.7 cm³/mol. The monoisotopic (exact) mass is 407 g/mol. The first-order chi connectivity index (χ1) is 8.60. The molecule has 0 radical (unpaired) electrons. The summed E-state index contributed by atoms with van der Waals surface area (Å²) < 4.78 is 2.19. The van der Waals surface area contributed by atoms with Gasteiger partial charge < -0.3 is 5.32 Å². The summed E-state index contributed by atoms with van der Waals surface area (Å²) in [6.07, 6.45) is 0.933. The van der Waals surface area contributed by atoms with Crippen molar-refractivity contribution >= 4 is 54.8 Å². The molecule has 2 rings (SSSR count). The molecule has 0 spiro atoms. The molecule has 0 aliphatic carbocycles. The first kappa shape index (κ1) is 14.5. The molecule has 1 nitrogen and oxygen atoms in total. The molecule has 0 bridgehead atoms. The second-order valence-corrected chi connectivity index (χ2v) is 7.18. The summed E-state index contributed by atoms with van der Waals surface area (Å²) in [4.78, 5) is 1.33. The Morgan fingerprint density at radius 1 is 1.28 bits per heavy atom. The van der Waals surface area contributed by atoms with E-state index in [4.69, 9.17) is 11.6 Å². The van der Waals surface area contributed by atoms with Crippen molar-refractivity contribution in [3.63, 3.8) is 0 Å². The summed E-state index contributed by atoms with van der Waals surface area (Å²) in [6.45, 7) is 0. The van der Waals surface area contributed by atoms with Crippen molar-refractivity contribution in [2.45, 2.75) is 12.5 Å². The molecule has 1 atom stereocenters. The zero-order chi connectivity index (χ0) is 13.1. The van der Waals surface area contributed by atoms with Crippen molar-refractivity contribution in [1.82, 2.24) is 5.32 Å². The van der Waals surface area contributed by atoms with Crippen LogP contribution in [0.25, 0.3) is 0 Å². The zero-order valence-corrected chi connectivity index (χ0v) is 14.5. The number of hydrogen-bond acceptors (Lipinski definition) is 2. The fraction of sp³-hybridized carbons (Fsp3) is 0.231. The van der Waals surface area contributed by atoms with Crippen LogP contribution in [0.3, 0.4) is 0 Å². The Kier molecular flexibility index (Phi) is 5.27. The summed E-state index contributed by atoms with van der Waals surface area (Å²) in [6, 6.07) is 8.34. The Morgan fingerprint density at radius 2 is 2.06 bits per heavy atom. The maximum atomic E-state index is 6.27. The van der Waals surface area contributed by atoms with E-state index in [0.717, 1.165) is 26.0 Å². The van der Waals surface area contributed by atoms with E-state index in [1.807, 2.05) is 19.2 Å². The van der Waals surface area contributed by atoms with Gasteiger partial charge in [-0.25, -0.2) is 0 Å². The van der Waals surface area contributed by atoms with Crippen LogP contribution in [0.4, 0.5) is 0 Å².